The molecule has 2 rings (SSSR count). The molecule has 0 aliphatic rings. The second-order valence-electron chi connectivity index (χ2n) is 4.42. The fourth-order valence-corrected chi connectivity index (χ4v) is 1.99. The van der Waals surface area contributed by atoms with Crippen LogP contribution in [-0.2, 0) is 13.0 Å². The minimum Gasteiger partial charge on any atom is -0.312 e. The molecule has 1 atom stereocenters. The SMILES string of the molecule is CCC(Cc1ccccc1)NCCn1ccnn1. The minimum atomic E-state index is 0.524. The molecule has 2 aromatic rings. The summed E-state index contributed by atoms with van der Waals surface area (Å²) in [4.78, 5) is 0. The van der Waals surface area contributed by atoms with Crippen LogP contribution in [0.4, 0.5) is 0 Å². The van der Waals surface area contributed by atoms with E-state index < -0.39 is 0 Å². The number of nitrogens with one attached hydrogen (secondary N) is 1. The van der Waals surface area contributed by atoms with Crippen molar-refractivity contribution in [3.8, 4) is 0 Å². The number of hydrogen-bond acceptors (Lipinski definition) is 3. The third-order valence-electron chi connectivity index (χ3n) is 3.06. The predicted molar refractivity (Wildman–Crippen MR) is 72.2 cm³/mol. The number of hydrogen-bond donors (Lipinski definition) is 1. The predicted octanol–water partition coefficient (Wildman–Crippen LogP) is 1.89. The first-order valence-electron chi connectivity index (χ1n) is 6.50. The first-order chi connectivity index (χ1) is 8.88. The second kappa shape index (κ2) is 6.91. The van der Waals surface area contributed by atoms with Crippen LogP contribution in [0.15, 0.2) is 42.7 Å². The molecule has 4 nitrogen and oxygen atoms in total. The summed E-state index contributed by atoms with van der Waals surface area (Å²) >= 11 is 0. The van der Waals surface area contributed by atoms with E-state index in [0.717, 1.165) is 25.9 Å². The topological polar surface area (TPSA) is 42.7 Å². The summed E-state index contributed by atoms with van der Waals surface area (Å²) in [5, 5.41) is 11.3. The molecule has 0 saturated carbocycles. The van der Waals surface area contributed by atoms with Crippen LogP contribution in [0.25, 0.3) is 0 Å². The molecular weight excluding hydrogens is 224 g/mol. The molecule has 0 aliphatic heterocycles. The molecule has 1 unspecified atom stereocenters. The molecule has 0 spiro atoms. The number of nitrogens with zero attached hydrogens (tertiary/aromatic N) is 3. The Morgan fingerprint density at radius 1 is 1.28 bits per heavy atom. The molecule has 0 bridgehead atoms. The zero-order chi connectivity index (χ0) is 12.6. The van der Waals surface area contributed by atoms with E-state index in [9.17, 15) is 0 Å². The maximum Gasteiger partial charge on any atom is 0.0692 e. The van der Waals surface area contributed by atoms with E-state index in [1.54, 1.807) is 6.20 Å². The molecule has 0 amide bonds. The Bertz CT molecular complexity index is 424. The van der Waals surface area contributed by atoms with E-state index in [1.165, 1.54) is 5.56 Å². The average molecular weight is 244 g/mol. The lowest BCUT2D eigenvalue weighted by Crippen LogP contribution is -2.33. The van der Waals surface area contributed by atoms with E-state index in [2.05, 4.69) is 52.9 Å². The summed E-state index contributed by atoms with van der Waals surface area (Å²) in [5.74, 6) is 0. The maximum atomic E-state index is 3.95. The van der Waals surface area contributed by atoms with Gasteiger partial charge in [0.1, 0.15) is 0 Å². The van der Waals surface area contributed by atoms with Gasteiger partial charge in [-0.1, -0.05) is 42.5 Å². The molecule has 96 valence electrons. The number of benzene rings is 1. The van der Waals surface area contributed by atoms with E-state index in [-0.39, 0.29) is 0 Å². The summed E-state index contributed by atoms with van der Waals surface area (Å²) in [6, 6.07) is 11.1. The quantitative estimate of drug-likeness (QED) is 0.808. The number of rotatable bonds is 7. The molecule has 1 heterocycles. The van der Waals surface area contributed by atoms with E-state index in [4.69, 9.17) is 0 Å². The monoisotopic (exact) mass is 244 g/mol. The van der Waals surface area contributed by atoms with E-state index in [1.807, 2.05) is 10.9 Å². The lowest BCUT2D eigenvalue weighted by Gasteiger charge is -2.16. The fraction of sp³-hybridized carbons (Fsp3) is 0.429. The normalized spacial score (nSPS) is 12.5. The van der Waals surface area contributed by atoms with Gasteiger partial charge < -0.3 is 5.32 Å². The van der Waals surface area contributed by atoms with Crippen molar-refractivity contribution in [2.75, 3.05) is 6.54 Å². The first-order valence-corrected chi connectivity index (χ1v) is 6.50. The van der Waals surface area contributed by atoms with E-state index in [0.29, 0.717) is 6.04 Å². The molecule has 0 aliphatic carbocycles. The van der Waals surface area contributed by atoms with Crippen LogP contribution in [0.3, 0.4) is 0 Å². The van der Waals surface area contributed by atoms with Gasteiger partial charge in [0.15, 0.2) is 0 Å². The average Bonchev–Trinajstić information content (AvgIpc) is 2.92. The van der Waals surface area contributed by atoms with Crippen LogP contribution in [0, 0.1) is 0 Å². The Morgan fingerprint density at radius 3 is 2.78 bits per heavy atom. The van der Waals surface area contributed by atoms with Gasteiger partial charge in [-0.2, -0.15) is 0 Å². The third kappa shape index (κ3) is 3.96. The zero-order valence-electron chi connectivity index (χ0n) is 10.8. The van der Waals surface area contributed by atoms with Crippen molar-refractivity contribution in [1.82, 2.24) is 20.3 Å². The molecule has 18 heavy (non-hydrogen) atoms. The first kappa shape index (κ1) is 12.8. The Morgan fingerprint density at radius 2 is 2.11 bits per heavy atom. The van der Waals surface area contributed by atoms with Gasteiger partial charge in [-0.15, -0.1) is 5.10 Å². The molecule has 0 radical (unpaired) electrons. The van der Waals surface area contributed by atoms with Gasteiger partial charge in [0.2, 0.25) is 0 Å². The van der Waals surface area contributed by atoms with Crippen molar-refractivity contribution in [3.05, 3.63) is 48.3 Å². The largest absolute Gasteiger partial charge is 0.312 e. The van der Waals surface area contributed by atoms with Gasteiger partial charge in [-0.25, -0.2) is 0 Å². The summed E-state index contributed by atoms with van der Waals surface area (Å²) in [7, 11) is 0. The Kier molecular flexibility index (Phi) is 4.90. The van der Waals surface area contributed by atoms with Crippen LogP contribution in [0.1, 0.15) is 18.9 Å². The van der Waals surface area contributed by atoms with Crippen LogP contribution in [-0.4, -0.2) is 27.6 Å². The fourth-order valence-electron chi connectivity index (χ4n) is 1.99. The van der Waals surface area contributed by atoms with Crippen molar-refractivity contribution in [2.45, 2.75) is 32.4 Å². The highest BCUT2D eigenvalue weighted by atomic mass is 15.4. The molecule has 1 aromatic carbocycles. The number of aromatic nitrogens is 3. The van der Waals surface area contributed by atoms with Crippen LogP contribution >= 0.6 is 0 Å². The van der Waals surface area contributed by atoms with Crippen LogP contribution in [0.5, 0.6) is 0 Å². The molecule has 4 heteroatoms. The van der Waals surface area contributed by atoms with Crippen molar-refractivity contribution in [1.29, 1.82) is 0 Å². The lowest BCUT2D eigenvalue weighted by molar-refractivity contribution is 0.457. The van der Waals surface area contributed by atoms with Gasteiger partial charge in [0.05, 0.1) is 12.7 Å². The van der Waals surface area contributed by atoms with Gasteiger partial charge in [-0.3, -0.25) is 4.68 Å². The Balaban J connectivity index is 1.75. The maximum absolute atomic E-state index is 3.95. The van der Waals surface area contributed by atoms with Gasteiger partial charge in [0, 0.05) is 18.8 Å². The molecule has 0 saturated heterocycles. The van der Waals surface area contributed by atoms with Crippen molar-refractivity contribution >= 4 is 0 Å². The van der Waals surface area contributed by atoms with Gasteiger partial charge in [-0.05, 0) is 18.4 Å². The van der Waals surface area contributed by atoms with Crippen LogP contribution < -0.4 is 5.32 Å². The zero-order valence-corrected chi connectivity index (χ0v) is 10.8. The Labute approximate surface area is 108 Å². The second-order valence-corrected chi connectivity index (χ2v) is 4.42. The summed E-state index contributed by atoms with van der Waals surface area (Å²) in [6.07, 6.45) is 5.81. The van der Waals surface area contributed by atoms with Crippen molar-refractivity contribution < 1.29 is 0 Å². The van der Waals surface area contributed by atoms with Gasteiger partial charge >= 0.3 is 0 Å². The van der Waals surface area contributed by atoms with Gasteiger partial charge in [0.25, 0.3) is 0 Å². The summed E-state index contributed by atoms with van der Waals surface area (Å²) in [6.45, 7) is 4.01. The standard InChI is InChI=1S/C14H20N4/c1-2-14(12-13-6-4-3-5-7-13)15-8-10-18-11-9-16-17-18/h3-7,9,11,14-15H,2,8,10,12H2,1H3. The van der Waals surface area contributed by atoms with E-state index >= 15 is 0 Å². The Hall–Kier alpha value is -1.68. The van der Waals surface area contributed by atoms with Crippen molar-refractivity contribution in [3.63, 3.8) is 0 Å². The smallest absolute Gasteiger partial charge is 0.0692 e. The highest BCUT2D eigenvalue weighted by molar-refractivity contribution is 5.15. The van der Waals surface area contributed by atoms with Crippen LogP contribution in [0.2, 0.25) is 0 Å². The lowest BCUT2D eigenvalue weighted by atomic mass is 10.0. The third-order valence-corrected chi connectivity index (χ3v) is 3.06. The molecular formula is C14H20N4. The summed E-state index contributed by atoms with van der Waals surface area (Å²) in [5.41, 5.74) is 1.39. The highest BCUT2D eigenvalue weighted by Gasteiger charge is 2.06. The highest BCUT2D eigenvalue weighted by Crippen LogP contribution is 2.05. The molecule has 1 aromatic heterocycles. The molecule has 0 fully saturated rings. The summed E-state index contributed by atoms with van der Waals surface area (Å²) < 4.78 is 1.85. The molecule has 1 N–H and O–H groups in total. The minimum absolute atomic E-state index is 0.524. The van der Waals surface area contributed by atoms with Crippen molar-refractivity contribution in [2.24, 2.45) is 0 Å².